The van der Waals surface area contributed by atoms with E-state index in [9.17, 15) is 13.2 Å². The molecule has 0 fully saturated rings. The van der Waals surface area contributed by atoms with Crippen LogP contribution in [0.3, 0.4) is 0 Å². The van der Waals surface area contributed by atoms with Crippen molar-refractivity contribution >= 4 is 61.5 Å². The van der Waals surface area contributed by atoms with Crippen molar-refractivity contribution in [2.75, 3.05) is 23.3 Å². The van der Waals surface area contributed by atoms with Gasteiger partial charge in [-0.05, 0) is 77.2 Å². The van der Waals surface area contributed by atoms with Crippen molar-refractivity contribution in [3.8, 4) is 5.75 Å². The van der Waals surface area contributed by atoms with Crippen LogP contribution in [0.2, 0.25) is 5.02 Å². The van der Waals surface area contributed by atoms with Gasteiger partial charge in [-0.15, -0.1) is 0 Å². The number of carbonyl (C=O) groups excluding carboxylic acids is 1. The number of anilines is 2. The van der Waals surface area contributed by atoms with E-state index < -0.39 is 22.5 Å². The lowest BCUT2D eigenvalue weighted by atomic mass is 10.3. The molecule has 0 saturated carbocycles. The minimum absolute atomic E-state index is 0.0685. The zero-order valence-electron chi connectivity index (χ0n) is 15.9. The fourth-order valence-electron chi connectivity index (χ4n) is 2.71. The maximum atomic E-state index is 13.3. The molecule has 156 valence electrons. The van der Waals surface area contributed by atoms with Crippen molar-refractivity contribution in [1.82, 2.24) is 0 Å². The number of amides is 1. The van der Waals surface area contributed by atoms with Gasteiger partial charge < -0.3 is 10.1 Å². The van der Waals surface area contributed by atoms with Gasteiger partial charge in [0, 0.05) is 9.26 Å². The van der Waals surface area contributed by atoms with Gasteiger partial charge >= 0.3 is 0 Å². The molecule has 0 aliphatic rings. The number of benzene rings is 3. The van der Waals surface area contributed by atoms with Crippen LogP contribution < -0.4 is 14.4 Å². The van der Waals surface area contributed by atoms with Gasteiger partial charge in [-0.3, -0.25) is 9.10 Å². The Balaban J connectivity index is 1.96. The van der Waals surface area contributed by atoms with Crippen molar-refractivity contribution in [2.24, 2.45) is 0 Å². The first kappa shape index (κ1) is 22.4. The number of carbonyl (C=O) groups is 1. The maximum absolute atomic E-state index is 13.3. The highest BCUT2D eigenvalue weighted by Gasteiger charge is 2.27. The van der Waals surface area contributed by atoms with Gasteiger partial charge in [0.2, 0.25) is 5.91 Å². The zero-order valence-corrected chi connectivity index (χ0v) is 19.6. The van der Waals surface area contributed by atoms with Gasteiger partial charge in [-0.25, -0.2) is 8.42 Å². The van der Waals surface area contributed by atoms with E-state index in [1.165, 1.54) is 25.3 Å². The molecule has 1 N–H and O–H groups in total. The molecule has 9 heteroatoms. The van der Waals surface area contributed by atoms with Crippen LogP contribution in [-0.4, -0.2) is 28.0 Å². The van der Waals surface area contributed by atoms with E-state index in [0.717, 1.165) is 7.88 Å². The molecule has 0 aliphatic heterocycles. The van der Waals surface area contributed by atoms with Crippen LogP contribution >= 0.6 is 34.2 Å². The van der Waals surface area contributed by atoms with Crippen molar-refractivity contribution < 1.29 is 17.9 Å². The van der Waals surface area contributed by atoms with E-state index in [2.05, 4.69) is 27.9 Å². The number of nitrogens with zero attached hydrogens (tertiary/aromatic N) is 1. The number of sulfonamides is 1. The summed E-state index contributed by atoms with van der Waals surface area (Å²) in [7, 11) is -2.55. The molecule has 0 spiro atoms. The fourth-order valence-corrected chi connectivity index (χ4v) is 4.75. The quantitative estimate of drug-likeness (QED) is 0.425. The minimum Gasteiger partial charge on any atom is -0.495 e. The Morgan fingerprint density at radius 2 is 1.73 bits per heavy atom. The Morgan fingerprint density at radius 3 is 2.33 bits per heavy atom. The summed E-state index contributed by atoms with van der Waals surface area (Å²) in [6.07, 6.45) is 0. The standard InChI is InChI=1S/C21H18ClIN2O4S/c1-29-20-12-11-17(13-19(20)22)25(30(27,28)18-5-3-2-4-6-18)14-21(26)24-16-9-7-15(23)8-10-16/h2-13H,14H2,1H3,(H,24,26). The lowest BCUT2D eigenvalue weighted by Gasteiger charge is -2.24. The summed E-state index contributed by atoms with van der Waals surface area (Å²) >= 11 is 8.36. The second-order valence-electron chi connectivity index (χ2n) is 6.20. The Kier molecular flexibility index (Phi) is 7.22. The topological polar surface area (TPSA) is 75.7 Å². The molecule has 0 radical (unpaired) electrons. The van der Waals surface area contributed by atoms with Gasteiger partial charge in [0.25, 0.3) is 10.0 Å². The van der Waals surface area contributed by atoms with Crippen molar-refractivity contribution in [1.29, 1.82) is 0 Å². The first-order chi connectivity index (χ1) is 14.3. The second kappa shape index (κ2) is 9.67. The molecular formula is C21H18ClIN2O4S. The minimum atomic E-state index is -4.01. The summed E-state index contributed by atoms with van der Waals surface area (Å²) in [5.41, 5.74) is 0.827. The number of ether oxygens (including phenoxy) is 1. The molecule has 6 nitrogen and oxygen atoms in total. The van der Waals surface area contributed by atoms with Crippen LogP contribution in [0.5, 0.6) is 5.75 Å². The summed E-state index contributed by atoms with van der Waals surface area (Å²) in [5, 5.41) is 2.96. The molecule has 0 heterocycles. The monoisotopic (exact) mass is 556 g/mol. The van der Waals surface area contributed by atoms with E-state index in [-0.39, 0.29) is 15.6 Å². The van der Waals surface area contributed by atoms with E-state index >= 15 is 0 Å². The number of halogens is 2. The van der Waals surface area contributed by atoms with Crippen LogP contribution in [0.4, 0.5) is 11.4 Å². The number of rotatable bonds is 7. The summed E-state index contributed by atoms with van der Waals surface area (Å²) < 4.78 is 33.8. The third-order valence-corrected chi connectivity index (χ3v) is 6.97. The second-order valence-corrected chi connectivity index (χ2v) is 9.71. The van der Waals surface area contributed by atoms with Crippen LogP contribution in [0.1, 0.15) is 0 Å². The molecule has 0 bridgehead atoms. The Morgan fingerprint density at radius 1 is 1.07 bits per heavy atom. The average Bonchev–Trinajstić information content (AvgIpc) is 2.74. The molecule has 3 aromatic rings. The predicted octanol–water partition coefficient (Wildman–Crippen LogP) is 4.79. The zero-order chi connectivity index (χ0) is 21.7. The largest absolute Gasteiger partial charge is 0.495 e. The first-order valence-corrected chi connectivity index (χ1v) is 11.7. The Bertz CT molecular complexity index is 1140. The molecule has 3 aromatic carbocycles. The lowest BCUT2D eigenvalue weighted by molar-refractivity contribution is -0.114. The first-order valence-electron chi connectivity index (χ1n) is 8.78. The Labute approximate surface area is 194 Å². The van der Waals surface area contributed by atoms with Gasteiger partial charge in [-0.1, -0.05) is 29.8 Å². The van der Waals surface area contributed by atoms with Crippen LogP contribution in [-0.2, 0) is 14.8 Å². The molecule has 30 heavy (non-hydrogen) atoms. The van der Waals surface area contributed by atoms with Gasteiger partial charge in [0.1, 0.15) is 12.3 Å². The number of hydrogen-bond donors (Lipinski definition) is 1. The third-order valence-electron chi connectivity index (χ3n) is 4.17. The molecule has 0 unspecified atom stereocenters. The fraction of sp³-hybridized carbons (Fsp3) is 0.0952. The highest BCUT2D eigenvalue weighted by molar-refractivity contribution is 14.1. The van der Waals surface area contributed by atoms with Crippen LogP contribution in [0.25, 0.3) is 0 Å². The molecule has 0 aliphatic carbocycles. The highest BCUT2D eigenvalue weighted by atomic mass is 127. The molecule has 3 rings (SSSR count). The lowest BCUT2D eigenvalue weighted by Crippen LogP contribution is -2.38. The number of methoxy groups -OCH3 is 1. The number of nitrogens with one attached hydrogen (secondary N) is 1. The van der Waals surface area contributed by atoms with E-state index in [1.54, 1.807) is 42.5 Å². The van der Waals surface area contributed by atoms with Crippen LogP contribution in [0.15, 0.2) is 77.7 Å². The number of hydrogen-bond acceptors (Lipinski definition) is 4. The molecule has 0 saturated heterocycles. The molecule has 1 amide bonds. The van der Waals surface area contributed by atoms with Crippen molar-refractivity contribution in [3.05, 3.63) is 81.4 Å². The smallest absolute Gasteiger partial charge is 0.264 e. The van der Waals surface area contributed by atoms with Gasteiger partial charge in [0.05, 0.1) is 22.7 Å². The van der Waals surface area contributed by atoms with Crippen LogP contribution in [0, 0.1) is 3.57 Å². The van der Waals surface area contributed by atoms with E-state index in [4.69, 9.17) is 16.3 Å². The molecule has 0 aromatic heterocycles. The maximum Gasteiger partial charge on any atom is 0.264 e. The van der Waals surface area contributed by atoms with Crippen molar-refractivity contribution in [3.63, 3.8) is 0 Å². The predicted molar refractivity (Wildman–Crippen MR) is 127 cm³/mol. The SMILES string of the molecule is COc1ccc(N(CC(=O)Nc2ccc(I)cc2)S(=O)(=O)c2ccccc2)cc1Cl. The highest BCUT2D eigenvalue weighted by Crippen LogP contribution is 2.32. The third kappa shape index (κ3) is 5.24. The van der Waals surface area contributed by atoms with Gasteiger partial charge in [-0.2, -0.15) is 0 Å². The summed E-state index contributed by atoms with van der Waals surface area (Å²) in [5.74, 6) is -0.0801. The molecular weight excluding hydrogens is 539 g/mol. The van der Waals surface area contributed by atoms with Crippen molar-refractivity contribution in [2.45, 2.75) is 4.90 Å². The Hall–Kier alpha value is -2.30. The van der Waals surface area contributed by atoms with E-state index in [1.807, 2.05) is 12.1 Å². The van der Waals surface area contributed by atoms with E-state index in [0.29, 0.717) is 11.4 Å². The normalized spacial score (nSPS) is 11.0. The molecule has 0 atom stereocenters. The average molecular weight is 557 g/mol. The summed E-state index contributed by atoms with van der Waals surface area (Å²) in [6.45, 7) is -0.425. The van der Waals surface area contributed by atoms with Gasteiger partial charge in [0.15, 0.2) is 0 Å². The summed E-state index contributed by atoms with van der Waals surface area (Å²) in [6, 6.07) is 19.7. The summed E-state index contributed by atoms with van der Waals surface area (Å²) in [4.78, 5) is 12.8.